The Morgan fingerprint density at radius 1 is 0.964 bits per heavy atom. The molecule has 2 aromatic carbocycles. The fourth-order valence-electron chi connectivity index (χ4n) is 2.88. The summed E-state index contributed by atoms with van der Waals surface area (Å²) in [6.07, 6.45) is 8.09. The van der Waals surface area contributed by atoms with Crippen LogP contribution in [0.3, 0.4) is 0 Å². The molecule has 0 amide bonds. The molecule has 4 nitrogen and oxygen atoms in total. The molecule has 0 saturated carbocycles. The van der Waals surface area contributed by atoms with Crippen LogP contribution in [0, 0.1) is 0 Å². The highest BCUT2D eigenvalue weighted by atomic mass is 79.9. The Bertz CT molecular complexity index is 799. The average Bonchev–Trinajstić information content (AvgIpc) is 2.75. The van der Waals surface area contributed by atoms with Crippen molar-refractivity contribution in [2.45, 2.75) is 25.7 Å². The fourth-order valence-corrected chi connectivity index (χ4v) is 3.28. The molecule has 0 radical (unpaired) electrons. The molecule has 0 aromatic heterocycles. The van der Waals surface area contributed by atoms with Gasteiger partial charge in [-0.3, -0.25) is 4.79 Å². The molecule has 0 bridgehead atoms. The number of unbranched alkanes of at least 4 members (excludes halogenated alkanes) is 3. The number of alkyl halides is 1. The minimum atomic E-state index is -0.0687. The van der Waals surface area contributed by atoms with Crippen LogP contribution in [-0.4, -0.2) is 30.9 Å². The van der Waals surface area contributed by atoms with E-state index in [-0.39, 0.29) is 5.78 Å². The molecule has 0 N–H and O–H groups in total. The SMILES string of the molecule is O=C(C=Cc1ccc(OCCCCCCBr)cc1)c1ccc2c(c1)OCCO2. The highest BCUT2D eigenvalue weighted by molar-refractivity contribution is 9.09. The van der Waals surface area contributed by atoms with E-state index in [9.17, 15) is 4.79 Å². The Morgan fingerprint density at radius 2 is 1.71 bits per heavy atom. The van der Waals surface area contributed by atoms with Crippen LogP contribution in [0.1, 0.15) is 41.6 Å². The smallest absolute Gasteiger partial charge is 0.185 e. The number of hydrogen-bond acceptors (Lipinski definition) is 4. The second-order valence-corrected chi connectivity index (χ2v) is 7.37. The summed E-state index contributed by atoms with van der Waals surface area (Å²) in [5.74, 6) is 2.10. The van der Waals surface area contributed by atoms with Gasteiger partial charge in [0.2, 0.25) is 0 Å². The summed E-state index contributed by atoms with van der Waals surface area (Å²) in [7, 11) is 0. The predicted octanol–water partition coefficient (Wildman–Crippen LogP) is 5.69. The minimum Gasteiger partial charge on any atom is -0.494 e. The molecule has 1 aliphatic heterocycles. The maximum Gasteiger partial charge on any atom is 0.185 e. The van der Waals surface area contributed by atoms with Crippen molar-refractivity contribution in [3.8, 4) is 17.2 Å². The van der Waals surface area contributed by atoms with Gasteiger partial charge in [-0.2, -0.15) is 0 Å². The summed E-state index contributed by atoms with van der Waals surface area (Å²) in [6, 6.07) is 13.0. The van der Waals surface area contributed by atoms with Gasteiger partial charge in [0.15, 0.2) is 17.3 Å². The lowest BCUT2D eigenvalue weighted by Crippen LogP contribution is -2.15. The number of benzene rings is 2. The highest BCUT2D eigenvalue weighted by Crippen LogP contribution is 2.31. The van der Waals surface area contributed by atoms with Crippen LogP contribution in [0.15, 0.2) is 48.5 Å². The summed E-state index contributed by atoms with van der Waals surface area (Å²) in [5, 5.41) is 1.07. The van der Waals surface area contributed by atoms with Crippen molar-refractivity contribution < 1.29 is 19.0 Å². The number of fused-ring (bicyclic) bond motifs is 1. The molecule has 1 heterocycles. The Balaban J connectivity index is 1.49. The van der Waals surface area contributed by atoms with Gasteiger partial charge in [0.05, 0.1) is 6.61 Å². The van der Waals surface area contributed by atoms with E-state index in [4.69, 9.17) is 14.2 Å². The second kappa shape index (κ2) is 10.9. The lowest BCUT2D eigenvalue weighted by molar-refractivity contribution is 0.104. The summed E-state index contributed by atoms with van der Waals surface area (Å²) < 4.78 is 16.8. The number of ether oxygens (including phenoxy) is 3. The lowest BCUT2D eigenvalue weighted by atomic mass is 10.1. The van der Waals surface area contributed by atoms with Crippen molar-refractivity contribution in [3.05, 3.63) is 59.7 Å². The summed E-state index contributed by atoms with van der Waals surface area (Å²) in [5.41, 5.74) is 1.54. The third-order valence-corrected chi connectivity index (χ3v) is 4.99. The number of carbonyl (C=O) groups excluding carboxylic acids is 1. The van der Waals surface area contributed by atoms with E-state index in [1.54, 1.807) is 24.3 Å². The van der Waals surface area contributed by atoms with Gasteiger partial charge in [-0.15, -0.1) is 0 Å². The molecule has 0 atom stereocenters. The molecule has 1 aliphatic rings. The van der Waals surface area contributed by atoms with Crippen molar-refractivity contribution in [2.75, 3.05) is 25.2 Å². The first-order valence-corrected chi connectivity index (χ1v) is 10.8. The largest absolute Gasteiger partial charge is 0.494 e. The Hall–Kier alpha value is -2.27. The Labute approximate surface area is 174 Å². The molecule has 0 fully saturated rings. The molecule has 0 spiro atoms. The van der Waals surface area contributed by atoms with E-state index in [0.29, 0.717) is 30.3 Å². The zero-order valence-electron chi connectivity index (χ0n) is 15.9. The number of carbonyl (C=O) groups is 1. The van der Waals surface area contributed by atoms with E-state index in [2.05, 4.69) is 15.9 Å². The topological polar surface area (TPSA) is 44.8 Å². The number of allylic oxidation sites excluding steroid dienone is 1. The molecule has 0 unspecified atom stereocenters. The first kappa shape index (κ1) is 20.5. The van der Waals surface area contributed by atoms with Gasteiger partial charge in [0, 0.05) is 10.9 Å². The first-order chi connectivity index (χ1) is 13.8. The van der Waals surface area contributed by atoms with Crippen LogP contribution in [0.25, 0.3) is 6.08 Å². The van der Waals surface area contributed by atoms with E-state index in [0.717, 1.165) is 29.7 Å². The van der Waals surface area contributed by atoms with Gasteiger partial charge in [-0.1, -0.05) is 47.0 Å². The molecule has 2 aromatic rings. The van der Waals surface area contributed by atoms with E-state index in [1.807, 2.05) is 30.3 Å². The third-order valence-electron chi connectivity index (χ3n) is 4.43. The van der Waals surface area contributed by atoms with Gasteiger partial charge in [-0.25, -0.2) is 0 Å². The number of ketones is 1. The van der Waals surface area contributed by atoms with Crippen LogP contribution in [-0.2, 0) is 0 Å². The molecular formula is C23H25BrO4. The van der Waals surface area contributed by atoms with Crippen LogP contribution in [0.4, 0.5) is 0 Å². The Morgan fingerprint density at radius 3 is 2.50 bits per heavy atom. The molecule has 3 rings (SSSR count). The van der Waals surface area contributed by atoms with Crippen molar-refractivity contribution >= 4 is 27.8 Å². The molecule has 148 valence electrons. The average molecular weight is 445 g/mol. The van der Waals surface area contributed by atoms with E-state index >= 15 is 0 Å². The number of rotatable bonds is 10. The van der Waals surface area contributed by atoms with E-state index in [1.165, 1.54) is 19.3 Å². The maximum atomic E-state index is 12.4. The van der Waals surface area contributed by atoms with Gasteiger partial charge >= 0.3 is 0 Å². The minimum absolute atomic E-state index is 0.0687. The third kappa shape index (κ3) is 6.13. The normalized spacial score (nSPS) is 12.9. The number of halogens is 1. The van der Waals surface area contributed by atoms with E-state index < -0.39 is 0 Å². The summed E-state index contributed by atoms with van der Waals surface area (Å²) in [6.45, 7) is 1.78. The zero-order chi connectivity index (χ0) is 19.6. The second-order valence-electron chi connectivity index (χ2n) is 6.58. The standard InChI is InChI=1S/C23H25BrO4/c24-13-3-1-2-4-14-26-20-9-5-18(6-10-20)7-11-21(25)19-8-12-22-23(17-19)28-16-15-27-22/h5-12,17H,1-4,13-16H2. The van der Waals surface area contributed by atoms with Gasteiger partial charge < -0.3 is 14.2 Å². The maximum absolute atomic E-state index is 12.4. The first-order valence-electron chi connectivity index (χ1n) is 9.67. The lowest BCUT2D eigenvalue weighted by Gasteiger charge is -2.18. The van der Waals surface area contributed by atoms with Crippen LogP contribution >= 0.6 is 15.9 Å². The molecule has 0 aliphatic carbocycles. The molecule has 0 saturated heterocycles. The zero-order valence-corrected chi connectivity index (χ0v) is 17.4. The predicted molar refractivity (Wildman–Crippen MR) is 115 cm³/mol. The van der Waals surface area contributed by atoms with Crippen molar-refractivity contribution in [1.82, 2.24) is 0 Å². The molecule has 28 heavy (non-hydrogen) atoms. The van der Waals surface area contributed by atoms with Crippen LogP contribution < -0.4 is 14.2 Å². The van der Waals surface area contributed by atoms with Crippen LogP contribution in [0.5, 0.6) is 17.2 Å². The van der Waals surface area contributed by atoms with Crippen molar-refractivity contribution in [3.63, 3.8) is 0 Å². The highest BCUT2D eigenvalue weighted by Gasteiger charge is 2.13. The Kier molecular flexibility index (Phi) is 7.97. The quantitative estimate of drug-likeness (QED) is 0.204. The molecular weight excluding hydrogens is 420 g/mol. The monoisotopic (exact) mass is 444 g/mol. The number of hydrogen-bond donors (Lipinski definition) is 0. The van der Waals surface area contributed by atoms with Gasteiger partial charge in [0.25, 0.3) is 0 Å². The van der Waals surface area contributed by atoms with Gasteiger partial charge in [0.1, 0.15) is 19.0 Å². The fraction of sp³-hybridized carbons (Fsp3) is 0.348. The summed E-state index contributed by atoms with van der Waals surface area (Å²) >= 11 is 3.44. The van der Waals surface area contributed by atoms with Crippen LogP contribution in [0.2, 0.25) is 0 Å². The molecule has 5 heteroatoms. The van der Waals surface area contributed by atoms with Crippen molar-refractivity contribution in [1.29, 1.82) is 0 Å². The van der Waals surface area contributed by atoms with Crippen molar-refractivity contribution in [2.24, 2.45) is 0 Å². The van der Waals surface area contributed by atoms with Gasteiger partial charge in [-0.05, 0) is 54.8 Å². The summed E-state index contributed by atoms with van der Waals surface area (Å²) in [4.78, 5) is 12.4.